The van der Waals surface area contributed by atoms with Gasteiger partial charge in [0.05, 0.1) is 18.7 Å². The van der Waals surface area contributed by atoms with Gasteiger partial charge in [-0.2, -0.15) is 0 Å². The third kappa shape index (κ3) is 4.52. The number of carbonyl (C=O) groups is 1. The molecule has 0 aliphatic rings. The Morgan fingerprint density at radius 2 is 1.77 bits per heavy atom. The van der Waals surface area contributed by atoms with Crippen molar-refractivity contribution in [3.8, 4) is 5.75 Å². The van der Waals surface area contributed by atoms with Crippen molar-refractivity contribution in [1.29, 1.82) is 0 Å². The van der Waals surface area contributed by atoms with Gasteiger partial charge >= 0.3 is 5.97 Å². The molecule has 0 bridgehead atoms. The van der Waals surface area contributed by atoms with Gasteiger partial charge in [-0.1, -0.05) is 42.5 Å². The number of carboxylic acid groups (broad SMARTS) is 1. The predicted octanol–water partition coefficient (Wildman–Crippen LogP) is 3.57. The van der Waals surface area contributed by atoms with E-state index in [2.05, 4.69) is 4.90 Å². The van der Waals surface area contributed by atoms with Crippen molar-refractivity contribution in [2.75, 3.05) is 18.1 Å². The summed E-state index contributed by atoms with van der Waals surface area (Å²) in [7, 11) is 0. The van der Waals surface area contributed by atoms with Gasteiger partial charge in [0.15, 0.2) is 0 Å². The number of rotatable bonds is 8. The molecular weight excluding hydrogens is 278 g/mol. The average Bonchev–Trinajstić information content (AvgIpc) is 2.53. The fourth-order valence-corrected chi connectivity index (χ4v) is 2.32. The lowest BCUT2D eigenvalue weighted by Crippen LogP contribution is -2.26. The molecule has 0 aliphatic carbocycles. The van der Waals surface area contributed by atoms with Crippen molar-refractivity contribution in [3.63, 3.8) is 0 Å². The molecule has 0 heterocycles. The van der Waals surface area contributed by atoms with E-state index < -0.39 is 5.97 Å². The van der Waals surface area contributed by atoms with Crippen molar-refractivity contribution in [1.82, 2.24) is 0 Å². The second-order valence-electron chi connectivity index (χ2n) is 4.95. The second-order valence-corrected chi connectivity index (χ2v) is 4.95. The number of benzene rings is 2. The van der Waals surface area contributed by atoms with Crippen LogP contribution >= 0.6 is 0 Å². The molecule has 4 nitrogen and oxygen atoms in total. The number of carboxylic acids is 1. The van der Waals surface area contributed by atoms with E-state index in [9.17, 15) is 4.79 Å². The summed E-state index contributed by atoms with van der Waals surface area (Å²) in [5, 5.41) is 8.99. The topological polar surface area (TPSA) is 49.8 Å². The van der Waals surface area contributed by atoms with Crippen LogP contribution in [-0.4, -0.2) is 24.2 Å². The zero-order valence-electron chi connectivity index (χ0n) is 12.7. The lowest BCUT2D eigenvalue weighted by atomic mass is 10.1. The predicted molar refractivity (Wildman–Crippen MR) is 87.4 cm³/mol. The molecule has 0 aliphatic heterocycles. The zero-order chi connectivity index (χ0) is 15.8. The number of anilines is 1. The summed E-state index contributed by atoms with van der Waals surface area (Å²) in [6, 6.07) is 17.8. The van der Waals surface area contributed by atoms with Crippen molar-refractivity contribution < 1.29 is 14.6 Å². The first-order valence-electron chi connectivity index (χ1n) is 7.43. The number of hydrogen-bond donors (Lipinski definition) is 1. The van der Waals surface area contributed by atoms with E-state index in [1.54, 1.807) is 0 Å². The fourth-order valence-electron chi connectivity index (χ4n) is 2.32. The molecule has 0 unspecified atom stereocenters. The first kappa shape index (κ1) is 15.9. The maximum absolute atomic E-state index is 10.9. The summed E-state index contributed by atoms with van der Waals surface area (Å²) in [4.78, 5) is 13.0. The van der Waals surface area contributed by atoms with Crippen LogP contribution in [0.2, 0.25) is 0 Å². The van der Waals surface area contributed by atoms with Crippen molar-refractivity contribution >= 4 is 11.7 Å². The molecule has 0 saturated carbocycles. The van der Waals surface area contributed by atoms with Gasteiger partial charge in [0, 0.05) is 13.1 Å². The number of para-hydroxylation sites is 2. The first-order valence-corrected chi connectivity index (χ1v) is 7.43. The van der Waals surface area contributed by atoms with E-state index >= 15 is 0 Å². The molecule has 2 aromatic carbocycles. The van der Waals surface area contributed by atoms with Crippen LogP contribution in [-0.2, 0) is 11.3 Å². The Kier molecular flexibility index (Phi) is 5.83. The summed E-state index contributed by atoms with van der Waals surface area (Å²) in [6.45, 7) is 3.61. The van der Waals surface area contributed by atoms with E-state index in [4.69, 9.17) is 9.84 Å². The largest absolute Gasteiger partial charge is 0.492 e. The highest BCUT2D eigenvalue weighted by atomic mass is 16.5. The Morgan fingerprint density at radius 3 is 2.45 bits per heavy atom. The second kappa shape index (κ2) is 8.08. The highest BCUT2D eigenvalue weighted by Crippen LogP contribution is 2.29. The van der Waals surface area contributed by atoms with E-state index in [1.165, 1.54) is 0 Å². The smallest absolute Gasteiger partial charge is 0.305 e. The quantitative estimate of drug-likeness (QED) is 0.809. The number of aliphatic carboxylic acids is 1. The molecule has 0 atom stereocenters. The number of nitrogens with zero attached hydrogens (tertiary/aromatic N) is 1. The van der Waals surface area contributed by atoms with Gasteiger partial charge < -0.3 is 14.7 Å². The minimum absolute atomic E-state index is 0.0906. The van der Waals surface area contributed by atoms with Crippen molar-refractivity contribution in [2.45, 2.75) is 19.9 Å². The third-order valence-electron chi connectivity index (χ3n) is 3.32. The fraction of sp³-hybridized carbons (Fsp3) is 0.278. The standard InChI is InChI=1S/C18H21NO3/c1-2-22-17-11-7-6-10-16(17)19(13-12-18(20)21)14-15-8-4-3-5-9-15/h3-11H,2,12-14H2,1H3,(H,20,21). The van der Waals surface area contributed by atoms with Crippen molar-refractivity contribution in [2.24, 2.45) is 0 Å². The maximum atomic E-state index is 10.9. The Labute approximate surface area is 131 Å². The van der Waals surface area contributed by atoms with Crippen LogP contribution in [0.15, 0.2) is 54.6 Å². The monoisotopic (exact) mass is 299 g/mol. The molecule has 0 saturated heterocycles. The molecule has 0 aromatic heterocycles. The maximum Gasteiger partial charge on any atom is 0.305 e. The van der Waals surface area contributed by atoms with Gasteiger partial charge in [0.1, 0.15) is 5.75 Å². The summed E-state index contributed by atoms with van der Waals surface area (Å²) in [5.74, 6) is -0.0155. The minimum atomic E-state index is -0.799. The molecule has 1 N–H and O–H groups in total. The summed E-state index contributed by atoms with van der Waals surface area (Å²) >= 11 is 0. The number of hydrogen-bond acceptors (Lipinski definition) is 3. The molecule has 0 fully saturated rings. The van der Waals surface area contributed by atoms with Crippen molar-refractivity contribution in [3.05, 3.63) is 60.2 Å². The Hall–Kier alpha value is -2.49. The number of ether oxygens (including phenoxy) is 1. The summed E-state index contributed by atoms with van der Waals surface area (Å²) in [5.41, 5.74) is 2.06. The lowest BCUT2D eigenvalue weighted by Gasteiger charge is -2.26. The van der Waals surface area contributed by atoms with Gasteiger partial charge in [-0.05, 0) is 24.6 Å². The molecule has 116 valence electrons. The normalized spacial score (nSPS) is 10.2. The Bertz CT molecular complexity index is 598. The molecule has 4 heteroatoms. The Balaban J connectivity index is 2.25. The molecule has 2 rings (SSSR count). The van der Waals surface area contributed by atoms with E-state index in [-0.39, 0.29) is 6.42 Å². The van der Waals surface area contributed by atoms with E-state index in [0.717, 1.165) is 17.0 Å². The van der Waals surface area contributed by atoms with Gasteiger partial charge in [0.25, 0.3) is 0 Å². The SMILES string of the molecule is CCOc1ccccc1N(CCC(=O)O)Cc1ccccc1. The average molecular weight is 299 g/mol. The molecular formula is C18H21NO3. The van der Waals surface area contributed by atoms with Crippen LogP contribution in [0.25, 0.3) is 0 Å². The third-order valence-corrected chi connectivity index (χ3v) is 3.32. The van der Waals surface area contributed by atoms with E-state index in [0.29, 0.717) is 19.7 Å². The Morgan fingerprint density at radius 1 is 1.09 bits per heavy atom. The van der Waals surface area contributed by atoms with Crippen LogP contribution < -0.4 is 9.64 Å². The summed E-state index contributed by atoms with van der Waals surface area (Å²) < 4.78 is 5.67. The molecule has 22 heavy (non-hydrogen) atoms. The molecule has 0 radical (unpaired) electrons. The van der Waals surface area contributed by atoms with Crippen LogP contribution in [0.3, 0.4) is 0 Å². The molecule has 2 aromatic rings. The summed E-state index contributed by atoms with van der Waals surface area (Å²) in [6.07, 6.45) is 0.0906. The first-order chi connectivity index (χ1) is 10.7. The molecule has 0 spiro atoms. The minimum Gasteiger partial charge on any atom is -0.492 e. The lowest BCUT2D eigenvalue weighted by molar-refractivity contribution is -0.136. The van der Waals surface area contributed by atoms with E-state index in [1.807, 2.05) is 61.5 Å². The van der Waals surface area contributed by atoms with Gasteiger partial charge in [-0.15, -0.1) is 0 Å². The van der Waals surface area contributed by atoms with Crippen LogP contribution in [0.4, 0.5) is 5.69 Å². The highest BCUT2D eigenvalue weighted by Gasteiger charge is 2.14. The van der Waals surface area contributed by atoms with Crippen LogP contribution in [0, 0.1) is 0 Å². The van der Waals surface area contributed by atoms with Crippen LogP contribution in [0.1, 0.15) is 18.9 Å². The van der Waals surface area contributed by atoms with Gasteiger partial charge in [-0.25, -0.2) is 0 Å². The zero-order valence-corrected chi connectivity index (χ0v) is 12.7. The van der Waals surface area contributed by atoms with Gasteiger partial charge in [-0.3, -0.25) is 4.79 Å². The van der Waals surface area contributed by atoms with Gasteiger partial charge in [0.2, 0.25) is 0 Å². The van der Waals surface area contributed by atoms with Crippen LogP contribution in [0.5, 0.6) is 5.75 Å². The highest BCUT2D eigenvalue weighted by molar-refractivity contribution is 5.68. The molecule has 0 amide bonds.